The fourth-order valence-corrected chi connectivity index (χ4v) is 1.17. The molecule has 0 bridgehead atoms. The van der Waals surface area contributed by atoms with Crippen LogP contribution in [-0.4, -0.2) is 44.1 Å². The second-order valence-electron chi connectivity index (χ2n) is 3.39. The van der Waals surface area contributed by atoms with Crippen LogP contribution in [0.1, 0.15) is 23.3 Å². The van der Waals surface area contributed by atoms with Crippen LogP contribution in [0.3, 0.4) is 0 Å². The van der Waals surface area contributed by atoms with E-state index in [0.29, 0.717) is 0 Å². The molecule has 0 aliphatic rings. The van der Waals surface area contributed by atoms with Crippen LogP contribution in [0.5, 0.6) is 0 Å². The van der Waals surface area contributed by atoms with Crippen molar-refractivity contribution in [2.75, 3.05) is 0 Å². The summed E-state index contributed by atoms with van der Waals surface area (Å²) < 4.78 is 0. The summed E-state index contributed by atoms with van der Waals surface area (Å²) in [6.07, 6.45) is 3.30. The molecular formula is C10H11N3O5. The van der Waals surface area contributed by atoms with Gasteiger partial charge in [-0.25, -0.2) is 9.78 Å². The summed E-state index contributed by atoms with van der Waals surface area (Å²) in [6, 6.07) is -1.27. The third-order valence-electron chi connectivity index (χ3n) is 2.05. The normalized spacial score (nSPS) is 11.6. The highest BCUT2D eigenvalue weighted by molar-refractivity contribution is 5.94. The van der Waals surface area contributed by atoms with Crippen molar-refractivity contribution in [2.24, 2.45) is 0 Å². The van der Waals surface area contributed by atoms with Gasteiger partial charge in [-0.2, -0.15) is 0 Å². The molecule has 1 amide bonds. The fourth-order valence-electron chi connectivity index (χ4n) is 1.17. The number of rotatable bonds is 6. The fraction of sp³-hybridized carbons (Fsp3) is 0.300. The molecule has 1 aromatic heterocycles. The average molecular weight is 253 g/mol. The van der Waals surface area contributed by atoms with Gasteiger partial charge in [0.2, 0.25) is 0 Å². The zero-order chi connectivity index (χ0) is 13.5. The smallest absolute Gasteiger partial charge is 0.326 e. The van der Waals surface area contributed by atoms with E-state index < -0.39 is 23.9 Å². The van der Waals surface area contributed by atoms with Crippen LogP contribution in [0.2, 0.25) is 0 Å². The maximum atomic E-state index is 11.6. The summed E-state index contributed by atoms with van der Waals surface area (Å²) >= 11 is 0. The van der Waals surface area contributed by atoms with Crippen LogP contribution in [0.25, 0.3) is 0 Å². The van der Waals surface area contributed by atoms with Gasteiger partial charge in [0.25, 0.3) is 5.91 Å². The largest absolute Gasteiger partial charge is 0.481 e. The number of nitrogens with one attached hydrogen (secondary N) is 1. The molecule has 1 rings (SSSR count). The summed E-state index contributed by atoms with van der Waals surface area (Å²) in [5.41, 5.74) is -0.0286. The molecule has 8 nitrogen and oxygen atoms in total. The van der Waals surface area contributed by atoms with Gasteiger partial charge in [0, 0.05) is 18.8 Å². The molecule has 96 valence electrons. The SMILES string of the molecule is O=C(O)CCC(NC(=O)c1cnccn1)C(=O)O. The Morgan fingerprint density at radius 1 is 1.28 bits per heavy atom. The summed E-state index contributed by atoms with van der Waals surface area (Å²) in [6.45, 7) is 0. The molecule has 18 heavy (non-hydrogen) atoms. The van der Waals surface area contributed by atoms with Gasteiger partial charge in [-0.3, -0.25) is 14.6 Å². The lowest BCUT2D eigenvalue weighted by Gasteiger charge is -2.12. The van der Waals surface area contributed by atoms with Crippen molar-refractivity contribution in [2.45, 2.75) is 18.9 Å². The molecule has 3 N–H and O–H groups in total. The molecule has 1 atom stereocenters. The first-order chi connectivity index (χ1) is 8.50. The number of carbonyl (C=O) groups excluding carboxylic acids is 1. The quantitative estimate of drug-likeness (QED) is 0.624. The van der Waals surface area contributed by atoms with E-state index in [9.17, 15) is 14.4 Å². The van der Waals surface area contributed by atoms with Gasteiger partial charge in [-0.05, 0) is 6.42 Å². The number of nitrogens with zero attached hydrogens (tertiary/aromatic N) is 2. The second kappa shape index (κ2) is 6.28. The van der Waals surface area contributed by atoms with Crippen molar-refractivity contribution in [3.05, 3.63) is 24.3 Å². The number of aromatic nitrogens is 2. The number of carboxylic acid groups (broad SMARTS) is 2. The molecule has 0 aliphatic heterocycles. The molecular weight excluding hydrogens is 242 g/mol. The van der Waals surface area contributed by atoms with E-state index in [4.69, 9.17) is 10.2 Å². The maximum Gasteiger partial charge on any atom is 0.326 e. The Labute approximate surface area is 102 Å². The Bertz CT molecular complexity index is 448. The van der Waals surface area contributed by atoms with Crippen molar-refractivity contribution in [3.63, 3.8) is 0 Å². The Hall–Kier alpha value is -2.51. The minimum atomic E-state index is -1.30. The van der Waals surface area contributed by atoms with Gasteiger partial charge >= 0.3 is 11.9 Å². The third kappa shape index (κ3) is 4.16. The highest BCUT2D eigenvalue weighted by Gasteiger charge is 2.22. The first-order valence-corrected chi connectivity index (χ1v) is 5.02. The lowest BCUT2D eigenvalue weighted by atomic mass is 10.1. The first-order valence-electron chi connectivity index (χ1n) is 5.02. The Kier molecular flexibility index (Phi) is 4.73. The summed E-state index contributed by atoms with van der Waals surface area (Å²) in [5.74, 6) is -3.13. The summed E-state index contributed by atoms with van der Waals surface area (Å²) in [7, 11) is 0. The van der Waals surface area contributed by atoms with E-state index in [1.54, 1.807) is 0 Å². The van der Waals surface area contributed by atoms with Crippen molar-refractivity contribution in [1.29, 1.82) is 0 Å². The molecule has 1 heterocycles. The molecule has 0 spiro atoms. The highest BCUT2D eigenvalue weighted by Crippen LogP contribution is 2.00. The number of hydrogen-bond donors (Lipinski definition) is 3. The summed E-state index contributed by atoms with van der Waals surface area (Å²) in [4.78, 5) is 40.1. The van der Waals surface area contributed by atoms with Gasteiger partial charge in [-0.1, -0.05) is 0 Å². The minimum Gasteiger partial charge on any atom is -0.481 e. The van der Waals surface area contributed by atoms with E-state index >= 15 is 0 Å². The van der Waals surface area contributed by atoms with E-state index in [1.165, 1.54) is 18.6 Å². The average Bonchev–Trinajstić information content (AvgIpc) is 2.34. The molecule has 0 fully saturated rings. The van der Waals surface area contributed by atoms with Crippen molar-refractivity contribution in [1.82, 2.24) is 15.3 Å². The van der Waals surface area contributed by atoms with Crippen LogP contribution in [0, 0.1) is 0 Å². The van der Waals surface area contributed by atoms with Crippen molar-refractivity contribution < 1.29 is 24.6 Å². The van der Waals surface area contributed by atoms with Crippen LogP contribution >= 0.6 is 0 Å². The zero-order valence-electron chi connectivity index (χ0n) is 9.24. The topological polar surface area (TPSA) is 129 Å². The van der Waals surface area contributed by atoms with E-state index in [-0.39, 0.29) is 18.5 Å². The standard InChI is InChI=1S/C10H11N3O5/c14-8(15)2-1-6(10(17)18)13-9(16)7-5-11-3-4-12-7/h3-6H,1-2H2,(H,13,16)(H,14,15)(H,17,18). The maximum absolute atomic E-state index is 11.6. The molecule has 0 saturated heterocycles. The van der Waals surface area contributed by atoms with Crippen molar-refractivity contribution >= 4 is 17.8 Å². The van der Waals surface area contributed by atoms with E-state index in [0.717, 1.165) is 0 Å². The number of carbonyl (C=O) groups is 3. The van der Waals surface area contributed by atoms with Gasteiger partial charge in [0.15, 0.2) is 0 Å². The number of amides is 1. The minimum absolute atomic E-state index is 0.0286. The van der Waals surface area contributed by atoms with Crippen LogP contribution in [-0.2, 0) is 9.59 Å². The molecule has 0 aliphatic carbocycles. The highest BCUT2D eigenvalue weighted by atomic mass is 16.4. The third-order valence-corrected chi connectivity index (χ3v) is 2.05. The van der Waals surface area contributed by atoms with Gasteiger partial charge in [0.1, 0.15) is 11.7 Å². The van der Waals surface area contributed by atoms with Crippen LogP contribution in [0.15, 0.2) is 18.6 Å². The molecule has 1 unspecified atom stereocenters. The predicted octanol–water partition coefficient (Wildman–Crippen LogP) is -0.476. The molecule has 8 heteroatoms. The van der Waals surface area contributed by atoms with Crippen molar-refractivity contribution in [3.8, 4) is 0 Å². The Balaban J connectivity index is 2.64. The Morgan fingerprint density at radius 2 is 2.00 bits per heavy atom. The predicted molar refractivity (Wildman–Crippen MR) is 57.8 cm³/mol. The molecule has 0 aromatic carbocycles. The van der Waals surface area contributed by atoms with Gasteiger partial charge in [0.05, 0.1) is 6.20 Å². The van der Waals surface area contributed by atoms with Gasteiger partial charge < -0.3 is 15.5 Å². The Morgan fingerprint density at radius 3 is 2.50 bits per heavy atom. The van der Waals surface area contributed by atoms with E-state index in [2.05, 4.69) is 15.3 Å². The summed E-state index contributed by atoms with van der Waals surface area (Å²) in [5, 5.41) is 19.5. The molecule has 1 aromatic rings. The number of hydrogen-bond acceptors (Lipinski definition) is 5. The first kappa shape index (κ1) is 13.6. The molecule has 0 radical (unpaired) electrons. The lowest BCUT2D eigenvalue weighted by Crippen LogP contribution is -2.41. The number of carboxylic acids is 2. The number of aliphatic carboxylic acids is 2. The van der Waals surface area contributed by atoms with Crippen LogP contribution in [0.4, 0.5) is 0 Å². The van der Waals surface area contributed by atoms with E-state index in [1.807, 2.05) is 0 Å². The monoisotopic (exact) mass is 253 g/mol. The molecule has 0 saturated carbocycles. The second-order valence-corrected chi connectivity index (χ2v) is 3.39. The van der Waals surface area contributed by atoms with Crippen LogP contribution < -0.4 is 5.32 Å². The zero-order valence-corrected chi connectivity index (χ0v) is 9.24. The van der Waals surface area contributed by atoms with Gasteiger partial charge in [-0.15, -0.1) is 0 Å². The lowest BCUT2D eigenvalue weighted by molar-refractivity contribution is -0.140.